The minimum Gasteiger partial charge on any atom is -0.493 e. The Kier molecular flexibility index (Phi) is 7.97. The quantitative estimate of drug-likeness (QED) is 0.623. The fourth-order valence-corrected chi connectivity index (χ4v) is 4.58. The van der Waals surface area contributed by atoms with Crippen LogP contribution in [0.2, 0.25) is 5.02 Å². The molecule has 0 unspecified atom stereocenters. The van der Waals surface area contributed by atoms with Gasteiger partial charge in [0.05, 0.1) is 32.2 Å². The molecule has 0 radical (unpaired) electrons. The van der Waals surface area contributed by atoms with Crippen LogP contribution in [0.25, 0.3) is 0 Å². The lowest BCUT2D eigenvalue weighted by Crippen LogP contribution is -2.49. The van der Waals surface area contributed by atoms with E-state index in [-0.39, 0.29) is 12.5 Å². The Morgan fingerprint density at radius 2 is 1.80 bits per heavy atom. The summed E-state index contributed by atoms with van der Waals surface area (Å²) in [4.78, 5) is 13.1. The highest BCUT2D eigenvalue weighted by atomic mass is 35.5. The van der Waals surface area contributed by atoms with E-state index in [0.717, 1.165) is 16.1 Å². The Labute approximate surface area is 183 Å². The molecule has 0 aromatic heterocycles. The molecule has 0 spiro atoms. The monoisotopic (exact) mass is 454 g/mol. The summed E-state index contributed by atoms with van der Waals surface area (Å²) in [6.07, 6.45) is 1.35. The molecule has 1 N–H and O–H groups in total. The van der Waals surface area contributed by atoms with E-state index in [2.05, 4.69) is 5.32 Å². The van der Waals surface area contributed by atoms with Crippen molar-refractivity contribution in [2.45, 2.75) is 32.4 Å². The minimum atomic E-state index is -3.73. The normalized spacial score (nSPS) is 13.3. The van der Waals surface area contributed by atoms with Crippen molar-refractivity contribution in [3.8, 4) is 11.5 Å². The van der Waals surface area contributed by atoms with Crippen molar-refractivity contribution in [2.24, 2.45) is 0 Å². The van der Waals surface area contributed by atoms with Gasteiger partial charge >= 0.3 is 0 Å². The maximum Gasteiger partial charge on any atom is 0.244 e. The molecular weight excluding hydrogens is 428 g/mol. The molecule has 2 rings (SSSR count). The van der Waals surface area contributed by atoms with Crippen LogP contribution in [0.5, 0.6) is 11.5 Å². The van der Waals surface area contributed by atoms with Gasteiger partial charge in [0.1, 0.15) is 6.04 Å². The minimum absolute atomic E-state index is 0.282. The van der Waals surface area contributed by atoms with Crippen LogP contribution < -0.4 is 19.1 Å². The number of benzene rings is 2. The van der Waals surface area contributed by atoms with Gasteiger partial charge in [-0.05, 0) is 49.2 Å². The Morgan fingerprint density at radius 3 is 2.33 bits per heavy atom. The molecule has 0 heterocycles. The second-order valence-corrected chi connectivity index (χ2v) is 9.10. The van der Waals surface area contributed by atoms with Crippen LogP contribution in [0, 0.1) is 0 Å². The highest BCUT2D eigenvalue weighted by molar-refractivity contribution is 7.92. The van der Waals surface area contributed by atoms with E-state index in [4.69, 9.17) is 21.1 Å². The summed E-state index contributed by atoms with van der Waals surface area (Å²) in [5.41, 5.74) is 1.13. The second kappa shape index (κ2) is 10.0. The van der Waals surface area contributed by atoms with Crippen molar-refractivity contribution in [1.82, 2.24) is 5.32 Å². The average Bonchev–Trinajstić information content (AvgIpc) is 2.70. The van der Waals surface area contributed by atoms with Crippen molar-refractivity contribution >= 4 is 33.2 Å². The summed E-state index contributed by atoms with van der Waals surface area (Å²) >= 11 is 6.04. The highest BCUT2D eigenvalue weighted by Crippen LogP contribution is 2.30. The topological polar surface area (TPSA) is 84.9 Å². The van der Waals surface area contributed by atoms with Gasteiger partial charge in [0.2, 0.25) is 15.9 Å². The van der Waals surface area contributed by atoms with Crippen LogP contribution in [0.3, 0.4) is 0 Å². The van der Waals surface area contributed by atoms with E-state index in [9.17, 15) is 13.2 Å². The summed E-state index contributed by atoms with van der Waals surface area (Å²) in [7, 11) is -0.653. The van der Waals surface area contributed by atoms with Crippen LogP contribution in [-0.2, 0) is 14.8 Å². The molecule has 30 heavy (non-hydrogen) atoms. The zero-order chi connectivity index (χ0) is 22.5. The van der Waals surface area contributed by atoms with E-state index in [1.54, 1.807) is 44.4 Å². The maximum absolute atomic E-state index is 13.1. The van der Waals surface area contributed by atoms with Gasteiger partial charge < -0.3 is 14.8 Å². The number of hydrogen-bond donors (Lipinski definition) is 1. The molecule has 0 bridgehead atoms. The van der Waals surface area contributed by atoms with Crippen LogP contribution in [0.15, 0.2) is 42.5 Å². The molecule has 0 aliphatic carbocycles. The number of halogens is 1. The molecule has 0 saturated carbocycles. The summed E-state index contributed by atoms with van der Waals surface area (Å²) in [5.74, 6) is 0.709. The number of anilines is 1. The number of hydrogen-bond acceptors (Lipinski definition) is 5. The van der Waals surface area contributed by atoms with E-state index >= 15 is 0 Å². The maximum atomic E-state index is 13.1. The number of carbonyl (C=O) groups is 1. The Balaban J connectivity index is 2.32. The first-order valence-corrected chi connectivity index (χ1v) is 11.6. The molecule has 2 aromatic rings. The molecule has 0 saturated heterocycles. The van der Waals surface area contributed by atoms with Crippen LogP contribution in [0.4, 0.5) is 5.69 Å². The fourth-order valence-electron chi connectivity index (χ4n) is 3.19. The number of amides is 1. The molecule has 164 valence electrons. The van der Waals surface area contributed by atoms with Crippen LogP contribution in [-0.4, -0.2) is 40.8 Å². The molecule has 9 heteroatoms. The van der Waals surface area contributed by atoms with E-state index in [0.29, 0.717) is 22.2 Å². The van der Waals surface area contributed by atoms with E-state index in [1.807, 2.05) is 13.0 Å². The molecule has 1 amide bonds. The summed E-state index contributed by atoms with van der Waals surface area (Å²) in [6.45, 7) is 3.57. The number of ether oxygens (including phenoxy) is 2. The lowest BCUT2D eigenvalue weighted by Gasteiger charge is -2.31. The van der Waals surface area contributed by atoms with Crippen molar-refractivity contribution in [2.75, 3.05) is 24.8 Å². The SMILES string of the molecule is CC[C@H](C(=O)N[C@@H](C)c1ccc(OC)c(OC)c1)N(c1cccc(Cl)c1)S(C)(=O)=O. The van der Waals surface area contributed by atoms with Gasteiger partial charge in [-0.3, -0.25) is 9.10 Å². The number of sulfonamides is 1. The van der Waals surface area contributed by atoms with Gasteiger partial charge in [0, 0.05) is 5.02 Å². The molecule has 2 atom stereocenters. The Bertz CT molecular complexity index is 997. The first-order chi connectivity index (χ1) is 14.1. The highest BCUT2D eigenvalue weighted by Gasteiger charge is 2.32. The number of methoxy groups -OCH3 is 2. The zero-order valence-electron chi connectivity index (χ0n) is 17.7. The first kappa shape index (κ1) is 23.8. The van der Waals surface area contributed by atoms with Gasteiger partial charge in [-0.1, -0.05) is 30.7 Å². The predicted octanol–water partition coefficient (Wildman–Crippen LogP) is 3.78. The van der Waals surface area contributed by atoms with Crippen LogP contribution in [0.1, 0.15) is 31.9 Å². The molecule has 2 aromatic carbocycles. The number of nitrogens with one attached hydrogen (secondary N) is 1. The van der Waals surface area contributed by atoms with Gasteiger partial charge in [-0.2, -0.15) is 0 Å². The fraction of sp³-hybridized carbons (Fsp3) is 0.381. The third-order valence-electron chi connectivity index (χ3n) is 4.66. The van der Waals surface area contributed by atoms with Crippen LogP contribution >= 0.6 is 11.6 Å². The zero-order valence-corrected chi connectivity index (χ0v) is 19.3. The number of rotatable bonds is 9. The molecule has 0 aliphatic rings. The lowest BCUT2D eigenvalue weighted by molar-refractivity contribution is -0.122. The second-order valence-electron chi connectivity index (χ2n) is 6.81. The van der Waals surface area contributed by atoms with E-state index in [1.165, 1.54) is 13.2 Å². The molecule has 0 fully saturated rings. The average molecular weight is 455 g/mol. The molecule has 7 nitrogen and oxygen atoms in total. The van der Waals surface area contributed by atoms with Gasteiger partial charge in [0.25, 0.3) is 0 Å². The van der Waals surface area contributed by atoms with Crippen molar-refractivity contribution in [3.63, 3.8) is 0 Å². The largest absolute Gasteiger partial charge is 0.493 e. The molecule has 0 aliphatic heterocycles. The third kappa shape index (κ3) is 5.58. The lowest BCUT2D eigenvalue weighted by atomic mass is 10.1. The molecular formula is C21H27ClN2O5S. The Hall–Kier alpha value is -2.45. The van der Waals surface area contributed by atoms with Gasteiger partial charge in [-0.15, -0.1) is 0 Å². The van der Waals surface area contributed by atoms with Crippen molar-refractivity contribution in [3.05, 3.63) is 53.1 Å². The standard InChI is InChI=1S/C21H27ClN2O5S/c1-6-18(24(30(5,26)27)17-9-7-8-16(22)13-17)21(25)23-14(2)15-10-11-19(28-3)20(12-15)29-4/h7-14,18H,6H2,1-5H3,(H,23,25)/t14-,18+/m0/s1. The first-order valence-electron chi connectivity index (χ1n) is 9.39. The Morgan fingerprint density at radius 1 is 1.13 bits per heavy atom. The number of carbonyl (C=O) groups excluding carboxylic acids is 1. The van der Waals surface area contributed by atoms with Crippen molar-refractivity contribution < 1.29 is 22.7 Å². The summed E-state index contributed by atoms with van der Waals surface area (Å²) in [5, 5.41) is 3.28. The number of nitrogens with zero attached hydrogens (tertiary/aromatic N) is 1. The predicted molar refractivity (Wildman–Crippen MR) is 119 cm³/mol. The van der Waals surface area contributed by atoms with Crippen molar-refractivity contribution in [1.29, 1.82) is 0 Å². The third-order valence-corrected chi connectivity index (χ3v) is 6.07. The summed E-state index contributed by atoms with van der Waals surface area (Å²) in [6, 6.07) is 10.5. The van der Waals surface area contributed by atoms with E-state index < -0.39 is 22.0 Å². The smallest absolute Gasteiger partial charge is 0.244 e. The van der Waals surface area contributed by atoms with Gasteiger partial charge in [0.15, 0.2) is 11.5 Å². The van der Waals surface area contributed by atoms with Gasteiger partial charge in [-0.25, -0.2) is 8.42 Å². The summed E-state index contributed by atoms with van der Waals surface area (Å²) < 4.78 is 36.7.